The summed E-state index contributed by atoms with van der Waals surface area (Å²) in [7, 11) is 3.00. The monoisotopic (exact) mass is 364 g/mol. The highest BCUT2D eigenvalue weighted by atomic mass is 19.4. The molecule has 0 aliphatic rings. The number of aryl methyl sites for hydroxylation is 1. The Labute approximate surface area is 144 Å². The molecule has 1 unspecified atom stereocenters. The summed E-state index contributed by atoms with van der Waals surface area (Å²) in [6, 6.07) is 0. The lowest BCUT2D eigenvalue weighted by Crippen LogP contribution is -2.32. The van der Waals surface area contributed by atoms with Gasteiger partial charge in [0, 0.05) is 27.2 Å². The number of rotatable bonds is 9. The molecule has 0 aliphatic heterocycles. The Kier molecular flexibility index (Phi) is 7.40. The van der Waals surface area contributed by atoms with E-state index in [1.165, 1.54) is 30.2 Å². The van der Waals surface area contributed by atoms with Gasteiger partial charge in [0.15, 0.2) is 11.5 Å². The van der Waals surface area contributed by atoms with Crippen LogP contribution in [0.3, 0.4) is 0 Å². The van der Waals surface area contributed by atoms with Gasteiger partial charge in [-0.2, -0.15) is 13.2 Å². The summed E-state index contributed by atoms with van der Waals surface area (Å²) in [5.41, 5.74) is 0.245. The summed E-state index contributed by atoms with van der Waals surface area (Å²) in [5.74, 6) is -0.152. The molecule has 25 heavy (non-hydrogen) atoms. The van der Waals surface area contributed by atoms with E-state index in [4.69, 9.17) is 5.11 Å². The van der Waals surface area contributed by atoms with Crippen LogP contribution in [0.15, 0.2) is 6.33 Å². The first kappa shape index (κ1) is 20.9. The topological polar surface area (TPSA) is 78.7 Å². The molecule has 1 N–H and O–H groups in total. The number of hydrogen-bond donors (Lipinski definition) is 1. The Balaban J connectivity index is 2.68. The molecule has 0 aromatic carbocycles. The lowest BCUT2D eigenvalue weighted by atomic mass is 10.1. The average molecular weight is 364 g/mol. The van der Waals surface area contributed by atoms with Crippen molar-refractivity contribution in [2.75, 3.05) is 25.5 Å². The lowest BCUT2D eigenvalue weighted by molar-refractivity contribution is -0.205. The fourth-order valence-electron chi connectivity index (χ4n) is 2.27. The third kappa shape index (κ3) is 5.45. The van der Waals surface area contributed by atoms with Gasteiger partial charge in [-0.15, -0.1) is 0 Å². The van der Waals surface area contributed by atoms with Gasteiger partial charge in [-0.25, -0.2) is 4.98 Å². The molecular formula is C15H23F3N4O3. The van der Waals surface area contributed by atoms with E-state index in [1.54, 1.807) is 4.57 Å². The van der Waals surface area contributed by atoms with Gasteiger partial charge in [-0.3, -0.25) is 9.59 Å². The molecule has 0 saturated heterocycles. The van der Waals surface area contributed by atoms with Gasteiger partial charge in [-0.05, 0) is 26.2 Å². The van der Waals surface area contributed by atoms with Crippen LogP contribution in [-0.4, -0.2) is 64.8 Å². The second-order valence-electron chi connectivity index (χ2n) is 5.70. The van der Waals surface area contributed by atoms with Crippen LogP contribution in [-0.2, 0) is 11.3 Å². The number of imidazole rings is 1. The van der Waals surface area contributed by atoms with Crippen molar-refractivity contribution in [2.45, 2.75) is 45.0 Å². The minimum Gasteiger partial charge on any atom is -0.384 e. The highest BCUT2D eigenvalue weighted by Crippen LogP contribution is 2.24. The second-order valence-corrected chi connectivity index (χ2v) is 5.70. The Bertz CT molecular complexity index is 589. The van der Waals surface area contributed by atoms with Crippen molar-refractivity contribution < 1.29 is 27.9 Å². The smallest absolute Gasteiger partial charge is 0.384 e. The number of alkyl halides is 3. The summed E-state index contributed by atoms with van der Waals surface area (Å²) < 4.78 is 38.3. The van der Waals surface area contributed by atoms with E-state index in [0.717, 1.165) is 0 Å². The van der Waals surface area contributed by atoms with Crippen LogP contribution >= 0.6 is 0 Å². The molecule has 0 spiro atoms. The molecule has 0 radical (unpaired) electrons. The predicted octanol–water partition coefficient (Wildman–Crippen LogP) is 1.66. The zero-order valence-corrected chi connectivity index (χ0v) is 14.5. The SMILES string of the molecule is CCn1cnc(N(C)C=O)c1C(=O)N(C)CCCCC(O)C(F)(F)F. The van der Waals surface area contributed by atoms with Crippen LogP contribution in [0.1, 0.15) is 36.7 Å². The maximum atomic E-state index is 12.6. The zero-order valence-electron chi connectivity index (χ0n) is 14.5. The van der Waals surface area contributed by atoms with Crippen molar-refractivity contribution in [2.24, 2.45) is 0 Å². The summed E-state index contributed by atoms with van der Waals surface area (Å²) in [6.07, 6.45) is -4.93. The third-order valence-corrected chi connectivity index (χ3v) is 3.80. The van der Waals surface area contributed by atoms with Crippen LogP contribution in [0.25, 0.3) is 0 Å². The highest BCUT2D eigenvalue weighted by molar-refractivity contribution is 5.99. The minimum absolute atomic E-state index is 0.131. The highest BCUT2D eigenvalue weighted by Gasteiger charge is 2.37. The number of carbonyl (C=O) groups is 2. The maximum absolute atomic E-state index is 12.6. The number of aliphatic hydroxyl groups is 1. The third-order valence-electron chi connectivity index (χ3n) is 3.80. The molecule has 142 valence electrons. The van der Waals surface area contributed by atoms with E-state index in [-0.39, 0.29) is 30.4 Å². The van der Waals surface area contributed by atoms with Crippen molar-refractivity contribution in [1.29, 1.82) is 0 Å². The van der Waals surface area contributed by atoms with E-state index in [2.05, 4.69) is 4.98 Å². The van der Waals surface area contributed by atoms with Crippen molar-refractivity contribution in [1.82, 2.24) is 14.5 Å². The average Bonchev–Trinajstić information content (AvgIpc) is 2.99. The molecule has 0 bridgehead atoms. The molecule has 1 rings (SSSR count). The summed E-state index contributed by atoms with van der Waals surface area (Å²) in [6.45, 7) is 2.52. The second kappa shape index (κ2) is 8.84. The van der Waals surface area contributed by atoms with Gasteiger partial charge < -0.3 is 19.5 Å². The number of halogens is 3. The Morgan fingerprint density at radius 1 is 1.40 bits per heavy atom. The van der Waals surface area contributed by atoms with Gasteiger partial charge in [-0.1, -0.05) is 0 Å². The molecule has 0 saturated carbocycles. The first-order valence-electron chi connectivity index (χ1n) is 7.86. The number of nitrogens with zero attached hydrogens (tertiary/aromatic N) is 4. The number of unbranched alkanes of at least 4 members (excludes halogenated alkanes) is 1. The van der Waals surface area contributed by atoms with Gasteiger partial charge in [0.2, 0.25) is 6.41 Å². The molecule has 0 fully saturated rings. The van der Waals surface area contributed by atoms with Crippen LogP contribution in [0.5, 0.6) is 0 Å². The van der Waals surface area contributed by atoms with Gasteiger partial charge in [0.05, 0.1) is 6.33 Å². The van der Waals surface area contributed by atoms with E-state index in [1.807, 2.05) is 6.92 Å². The summed E-state index contributed by atoms with van der Waals surface area (Å²) >= 11 is 0. The molecule has 10 heteroatoms. The predicted molar refractivity (Wildman–Crippen MR) is 85.2 cm³/mol. The van der Waals surface area contributed by atoms with Crippen LogP contribution < -0.4 is 4.90 Å². The van der Waals surface area contributed by atoms with Crippen molar-refractivity contribution in [3.05, 3.63) is 12.0 Å². The largest absolute Gasteiger partial charge is 0.414 e. The van der Waals surface area contributed by atoms with E-state index in [9.17, 15) is 22.8 Å². The van der Waals surface area contributed by atoms with E-state index < -0.39 is 18.7 Å². The van der Waals surface area contributed by atoms with Crippen LogP contribution in [0, 0.1) is 0 Å². The van der Waals surface area contributed by atoms with Gasteiger partial charge in [0.1, 0.15) is 6.10 Å². The maximum Gasteiger partial charge on any atom is 0.414 e. The normalized spacial score (nSPS) is 12.8. The fraction of sp³-hybridized carbons (Fsp3) is 0.667. The lowest BCUT2D eigenvalue weighted by Gasteiger charge is -2.20. The number of anilines is 1. The van der Waals surface area contributed by atoms with E-state index >= 15 is 0 Å². The summed E-state index contributed by atoms with van der Waals surface area (Å²) in [4.78, 5) is 30.2. The van der Waals surface area contributed by atoms with E-state index in [0.29, 0.717) is 19.4 Å². The first-order chi connectivity index (χ1) is 11.6. The number of carbonyl (C=O) groups excluding carboxylic acids is 2. The molecule has 0 aliphatic carbocycles. The molecule has 1 atom stereocenters. The number of amides is 2. The summed E-state index contributed by atoms with van der Waals surface area (Å²) in [5, 5.41) is 8.95. The molecule has 2 amide bonds. The van der Waals surface area contributed by atoms with Gasteiger partial charge in [0.25, 0.3) is 5.91 Å². The van der Waals surface area contributed by atoms with Crippen molar-refractivity contribution >= 4 is 18.1 Å². The minimum atomic E-state index is -4.62. The quantitative estimate of drug-likeness (QED) is 0.534. The Morgan fingerprint density at radius 2 is 2.04 bits per heavy atom. The number of aromatic nitrogens is 2. The zero-order chi connectivity index (χ0) is 19.2. The molecular weight excluding hydrogens is 341 g/mol. The Morgan fingerprint density at radius 3 is 2.56 bits per heavy atom. The van der Waals surface area contributed by atoms with Crippen molar-refractivity contribution in [3.63, 3.8) is 0 Å². The number of aliphatic hydroxyl groups excluding tert-OH is 1. The molecule has 1 aromatic rings. The first-order valence-corrected chi connectivity index (χ1v) is 7.86. The molecule has 1 heterocycles. The van der Waals surface area contributed by atoms with Crippen molar-refractivity contribution in [3.8, 4) is 0 Å². The standard InChI is InChI=1S/C15H23F3N4O3/c1-4-22-9-19-13(21(3)10-23)12(22)14(25)20(2)8-6-5-7-11(24)15(16,17)18/h9-11,24H,4-8H2,1-3H3. The molecule has 1 aromatic heterocycles. The number of hydrogen-bond acceptors (Lipinski definition) is 4. The van der Waals surface area contributed by atoms with Crippen LogP contribution in [0.4, 0.5) is 19.0 Å². The fourth-order valence-corrected chi connectivity index (χ4v) is 2.27. The van der Waals surface area contributed by atoms with Gasteiger partial charge >= 0.3 is 6.18 Å². The Hall–Kier alpha value is -2.10. The molecule has 7 nitrogen and oxygen atoms in total. The van der Waals surface area contributed by atoms with Crippen LogP contribution in [0.2, 0.25) is 0 Å².